The maximum atomic E-state index is 13.1. The van der Waals surface area contributed by atoms with Crippen molar-refractivity contribution >= 4 is 17.7 Å². The van der Waals surface area contributed by atoms with E-state index in [1.54, 1.807) is 4.90 Å². The Hall–Kier alpha value is -3.02. The molecule has 6 nitrogen and oxygen atoms in total. The molecule has 2 aliphatic rings. The predicted octanol–water partition coefficient (Wildman–Crippen LogP) is 4.19. The highest BCUT2D eigenvalue weighted by atomic mass is 16.6. The Balaban J connectivity index is 1.34. The fourth-order valence-electron chi connectivity index (χ4n) is 4.35. The molecule has 2 aromatic rings. The van der Waals surface area contributed by atoms with Crippen LogP contribution in [0, 0.1) is 5.92 Å². The van der Waals surface area contributed by atoms with E-state index in [1.165, 1.54) is 11.1 Å². The summed E-state index contributed by atoms with van der Waals surface area (Å²) in [5, 5.41) is 0. The number of fused-ring (bicyclic) bond motifs is 1. The van der Waals surface area contributed by atoms with E-state index in [0.717, 1.165) is 31.6 Å². The minimum Gasteiger partial charge on any atom is -0.449 e. The van der Waals surface area contributed by atoms with Crippen molar-refractivity contribution in [3.8, 4) is 0 Å². The van der Waals surface area contributed by atoms with Crippen molar-refractivity contribution in [1.29, 1.82) is 0 Å². The number of carbonyl (C=O) groups is 2. The summed E-state index contributed by atoms with van der Waals surface area (Å²) in [6.07, 6.45) is 1.52. The van der Waals surface area contributed by atoms with Crippen molar-refractivity contribution in [3.05, 3.63) is 65.2 Å². The minimum atomic E-state index is -0.277. The number of hydrogen-bond donors (Lipinski definition) is 0. The van der Waals surface area contributed by atoms with Gasteiger partial charge in [0, 0.05) is 50.5 Å². The Morgan fingerprint density at radius 1 is 0.875 bits per heavy atom. The average Bonchev–Trinajstić information content (AvgIpc) is 3.08. The normalized spacial score (nSPS) is 16.5. The molecular weight excluding hydrogens is 402 g/mol. The maximum absolute atomic E-state index is 13.1. The van der Waals surface area contributed by atoms with E-state index >= 15 is 0 Å². The second-order valence-electron chi connectivity index (χ2n) is 9.09. The van der Waals surface area contributed by atoms with Gasteiger partial charge in [0.1, 0.15) is 0 Å². The predicted molar refractivity (Wildman–Crippen MR) is 126 cm³/mol. The highest BCUT2D eigenvalue weighted by molar-refractivity contribution is 5.94. The standard InChI is InChI=1S/C26H33N3O3/c1-20(2)19-32-26(31)28-14-5-13-27(16-17-28)25(30)22-8-10-24(11-9-22)29-15-12-21-6-3-4-7-23(21)18-29/h3-4,6-11,20H,5,12-19H2,1-2H3. The van der Waals surface area contributed by atoms with E-state index in [2.05, 4.69) is 41.3 Å². The Kier molecular flexibility index (Phi) is 6.98. The molecular formula is C26H33N3O3. The zero-order valence-corrected chi connectivity index (χ0v) is 19.1. The Labute approximate surface area is 190 Å². The van der Waals surface area contributed by atoms with Crippen LogP contribution in [0.4, 0.5) is 10.5 Å². The fourth-order valence-corrected chi connectivity index (χ4v) is 4.35. The van der Waals surface area contributed by atoms with Crippen LogP contribution in [-0.4, -0.2) is 61.1 Å². The van der Waals surface area contributed by atoms with Gasteiger partial charge in [-0.3, -0.25) is 4.79 Å². The molecule has 0 aliphatic carbocycles. The first-order chi connectivity index (χ1) is 15.5. The molecule has 0 aromatic heterocycles. The van der Waals surface area contributed by atoms with Crippen LogP contribution in [0.1, 0.15) is 41.8 Å². The Morgan fingerprint density at radius 3 is 2.31 bits per heavy atom. The first-order valence-electron chi connectivity index (χ1n) is 11.6. The van der Waals surface area contributed by atoms with Gasteiger partial charge in [-0.05, 0) is 54.2 Å². The SMILES string of the molecule is CC(C)COC(=O)N1CCCN(C(=O)c2ccc(N3CCc4ccccc4C3)cc2)CC1. The molecule has 0 unspecified atom stereocenters. The van der Waals surface area contributed by atoms with Gasteiger partial charge in [-0.15, -0.1) is 0 Å². The number of hydrogen-bond acceptors (Lipinski definition) is 4. The lowest BCUT2D eigenvalue weighted by atomic mass is 9.99. The molecule has 2 heterocycles. The first-order valence-corrected chi connectivity index (χ1v) is 11.6. The van der Waals surface area contributed by atoms with Crippen LogP contribution in [0.2, 0.25) is 0 Å². The number of ether oxygens (including phenoxy) is 1. The second kappa shape index (κ2) is 10.1. The lowest BCUT2D eigenvalue weighted by molar-refractivity contribution is 0.0746. The van der Waals surface area contributed by atoms with Gasteiger partial charge in [-0.1, -0.05) is 38.1 Å². The zero-order valence-electron chi connectivity index (χ0n) is 19.1. The van der Waals surface area contributed by atoms with Crippen LogP contribution in [-0.2, 0) is 17.7 Å². The van der Waals surface area contributed by atoms with E-state index in [1.807, 2.05) is 30.9 Å². The molecule has 2 aromatic carbocycles. The van der Waals surface area contributed by atoms with Crippen molar-refractivity contribution in [2.75, 3.05) is 44.2 Å². The summed E-state index contributed by atoms with van der Waals surface area (Å²) in [6, 6.07) is 16.6. The quantitative estimate of drug-likeness (QED) is 0.723. The van der Waals surface area contributed by atoms with Crippen molar-refractivity contribution < 1.29 is 14.3 Å². The van der Waals surface area contributed by atoms with Crippen LogP contribution >= 0.6 is 0 Å². The number of carbonyl (C=O) groups excluding carboxylic acids is 2. The first kappa shape index (κ1) is 22.2. The highest BCUT2D eigenvalue weighted by Gasteiger charge is 2.24. The maximum Gasteiger partial charge on any atom is 0.409 e. The summed E-state index contributed by atoms with van der Waals surface area (Å²) in [4.78, 5) is 31.3. The monoisotopic (exact) mass is 435 g/mol. The molecule has 0 saturated carbocycles. The van der Waals surface area contributed by atoms with Gasteiger partial charge in [0.25, 0.3) is 5.91 Å². The minimum absolute atomic E-state index is 0.0259. The van der Waals surface area contributed by atoms with Gasteiger partial charge in [0.05, 0.1) is 6.61 Å². The third-order valence-corrected chi connectivity index (χ3v) is 6.19. The van der Waals surface area contributed by atoms with Gasteiger partial charge < -0.3 is 19.4 Å². The van der Waals surface area contributed by atoms with E-state index in [-0.39, 0.29) is 12.0 Å². The van der Waals surface area contributed by atoms with E-state index in [4.69, 9.17) is 4.74 Å². The third-order valence-electron chi connectivity index (χ3n) is 6.19. The molecule has 2 amide bonds. The fraction of sp³-hybridized carbons (Fsp3) is 0.462. The van der Waals surface area contributed by atoms with Crippen LogP contribution in [0.15, 0.2) is 48.5 Å². The summed E-state index contributed by atoms with van der Waals surface area (Å²) >= 11 is 0. The molecule has 0 atom stereocenters. The van der Waals surface area contributed by atoms with Gasteiger partial charge in [0.2, 0.25) is 0 Å². The summed E-state index contributed by atoms with van der Waals surface area (Å²) in [5.41, 5.74) is 4.65. The van der Waals surface area contributed by atoms with E-state index < -0.39 is 0 Å². The molecule has 1 saturated heterocycles. The van der Waals surface area contributed by atoms with Crippen LogP contribution in [0.25, 0.3) is 0 Å². The number of nitrogens with zero attached hydrogens (tertiary/aromatic N) is 3. The topological polar surface area (TPSA) is 53.1 Å². The molecule has 0 N–H and O–H groups in total. The zero-order chi connectivity index (χ0) is 22.5. The van der Waals surface area contributed by atoms with Crippen LogP contribution in [0.3, 0.4) is 0 Å². The average molecular weight is 436 g/mol. The molecule has 0 radical (unpaired) electrons. The van der Waals surface area contributed by atoms with Crippen molar-refractivity contribution in [3.63, 3.8) is 0 Å². The number of rotatable bonds is 4. The van der Waals surface area contributed by atoms with Gasteiger partial charge in [-0.2, -0.15) is 0 Å². The lowest BCUT2D eigenvalue weighted by Crippen LogP contribution is -2.38. The van der Waals surface area contributed by atoms with E-state index in [0.29, 0.717) is 44.3 Å². The molecule has 1 fully saturated rings. The molecule has 0 bridgehead atoms. The number of amides is 2. The van der Waals surface area contributed by atoms with Crippen molar-refractivity contribution in [2.24, 2.45) is 5.92 Å². The smallest absolute Gasteiger partial charge is 0.409 e. The summed E-state index contributed by atoms with van der Waals surface area (Å²) in [7, 11) is 0. The molecule has 4 rings (SSSR count). The molecule has 2 aliphatic heterocycles. The molecule has 0 spiro atoms. The van der Waals surface area contributed by atoms with Crippen molar-refractivity contribution in [2.45, 2.75) is 33.2 Å². The van der Waals surface area contributed by atoms with Crippen LogP contribution in [0.5, 0.6) is 0 Å². The lowest BCUT2D eigenvalue weighted by Gasteiger charge is -2.31. The third kappa shape index (κ3) is 5.23. The largest absolute Gasteiger partial charge is 0.449 e. The van der Waals surface area contributed by atoms with Crippen molar-refractivity contribution in [1.82, 2.24) is 9.80 Å². The molecule has 6 heteroatoms. The number of anilines is 1. The highest BCUT2D eigenvalue weighted by Crippen LogP contribution is 2.25. The second-order valence-corrected chi connectivity index (χ2v) is 9.09. The van der Waals surface area contributed by atoms with Gasteiger partial charge in [-0.25, -0.2) is 4.79 Å². The number of benzene rings is 2. The van der Waals surface area contributed by atoms with Gasteiger partial charge >= 0.3 is 6.09 Å². The summed E-state index contributed by atoms with van der Waals surface area (Å²) in [6.45, 7) is 8.66. The van der Waals surface area contributed by atoms with Crippen LogP contribution < -0.4 is 4.90 Å². The molecule has 32 heavy (non-hydrogen) atoms. The Bertz CT molecular complexity index is 942. The Morgan fingerprint density at radius 2 is 1.56 bits per heavy atom. The van der Waals surface area contributed by atoms with E-state index in [9.17, 15) is 9.59 Å². The van der Waals surface area contributed by atoms with Gasteiger partial charge in [0.15, 0.2) is 0 Å². The summed E-state index contributed by atoms with van der Waals surface area (Å²) in [5.74, 6) is 0.338. The summed E-state index contributed by atoms with van der Waals surface area (Å²) < 4.78 is 5.35. The molecule has 170 valence electrons.